The van der Waals surface area contributed by atoms with Crippen molar-refractivity contribution in [1.29, 1.82) is 0 Å². The Morgan fingerprint density at radius 3 is 2.82 bits per heavy atom. The molecule has 0 amide bonds. The lowest BCUT2D eigenvalue weighted by atomic mass is 10.1. The molecule has 0 bridgehead atoms. The number of hydrogen-bond donors (Lipinski definition) is 1. The second kappa shape index (κ2) is 7.13. The van der Waals surface area contributed by atoms with E-state index in [9.17, 15) is 0 Å². The maximum absolute atomic E-state index is 4.41. The predicted octanol–water partition coefficient (Wildman–Crippen LogP) is 1.75. The fraction of sp³-hybridized carbons (Fsp3) is 0.750. The van der Waals surface area contributed by atoms with Gasteiger partial charge in [0.2, 0.25) is 0 Å². The van der Waals surface area contributed by atoms with Crippen molar-refractivity contribution in [2.75, 3.05) is 27.7 Å². The van der Waals surface area contributed by atoms with Gasteiger partial charge >= 0.3 is 0 Å². The van der Waals surface area contributed by atoms with E-state index < -0.39 is 0 Å². The van der Waals surface area contributed by atoms with Crippen LogP contribution in [0.4, 0.5) is 0 Å². The van der Waals surface area contributed by atoms with Crippen molar-refractivity contribution in [3.05, 3.63) is 16.4 Å². The third-order valence-electron chi connectivity index (χ3n) is 2.96. The molecular formula is C12H23BrN4. The van der Waals surface area contributed by atoms with Gasteiger partial charge in [-0.2, -0.15) is 5.10 Å². The van der Waals surface area contributed by atoms with E-state index in [1.54, 1.807) is 0 Å². The van der Waals surface area contributed by atoms with Gasteiger partial charge in [-0.1, -0.05) is 0 Å². The summed E-state index contributed by atoms with van der Waals surface area (Å²) >= 11 is 3.58. The summed E-state index contributed by atoms with van der Waals surface area (Å²) in [5.41, 5.74) is 1.30. The highest BCUT2D eigenvalue weighted by molar-refractivity contribution is 9.10. The summed E-state index contributed by atoms with van der Waals surface area (Å²) < 4.78 is 3.23. The van der Waals surface area contributed by atoms with Gasteiger partial charge in [0.1, 0.15) is 0 Å². The average molecular weight is 303 g/mol. The summed E-state index contributed by atoms with van der Waals surface area (Å²) in [7, 11) is 6.17. The van der Waals surface area contributed by atoms with Crippen LogP contribution in [0.15, 0.2) is 10.7 Å². The Bertz CT molecular complexity index is 335. The lowest BCUT2D eigenvalue weighted by Crippen LogP contribution is -2.23. The van der Waals surface area contributed by atoms with Crippen molar-refractivity contribution in [2.45, 2.75) is 32.4 Å². The Morgan fingerprint density at radius 2 is 2.24 bits per heavy atom. The molecule has 17 heavy (non-hydrogen) atoms. The third-order valence-corrected chi connectivity index (χ3v) is 3.63. The van der Waals surface area contributed by atoms with Crippen LogP contribution in [0.1, 0.15) is 19.0 Å². The van der Waals surface area contributed by atoms with Gasteiger partial charge in [-0.05, 0) is 56.8 Å². The third kappa shape index (κ3) is 4.77. The van der Waals surface area contributed by atoms with Crippen LogP contribution >= 0.6 is 15.9 Å². The zero-order valence-corrected chi connectivity index (χ0v) is 12.8. The molecule has 0 fully saturated rings. The Labute approximate surface area is 113 Å². The second-order valence-corrected chi connectivity index (χ2v) is 5.55. The van der Waals surface area contributed by atoms with Crippen molar-refractivity contribution in [1.82, 2.24) is 20.0 Å². The molecule has 1 heterocycles. The molecule has 1 aromatic rings. The van der Waals surface area contributed by atoms with E-state index in [1.807, 2.05) is 13.2 Å². The molecule has 0 aliphatic rings. The number of hydrogen-bond acceptors (Lipinski definition) is 3. The van der Waals surface area contributed by atoms with E-state index >= 15 is 0 Å². The number of nitrogens with zero attached hydrogens (tertiary/aromatic N) is 3. The van der Waals surface area contributed by atoms with E-state index in [0.29, 0.717) is 6.04 Å². The summed E-state index contributed by atoms with van der Waals surface area (Å²) in [5, 5.41) is 7.68. The monoisotopic (exact) mass is 302 g/mol. The van der Waals surface area contributed by atoms with E-state index in [1.165, 1.54) is 5.69 Å². The Kier molecular flexibility index (Phi) is 6.16. The Hall–Kier alpha value is -0.390. The zero-order chi connectivity index (χ0) is 12.8. The quantitative estimate of drug-likeness (QED) is 0.833. The number of likely N-dealkylation sites (N-methyl/N-ethyl adjacent to an activating group) is 1. The van der Waals surface area contributed by atoms with E-state index in [4.69, 9.17) is 0 Å². The van der Waals surface area contributed by atoms with Gasteiger partial charge in [-0.25, -0.2) is 0 Å². The average Bonchev–Trinajstić information content (AvgIpc) is 2.64. The maximum Gasteiger partial charge on any atom is 0.0635 e. The van der Waals surface area contributed by atoms with Crippen molar-refractivity contribution in [3.8, 4) is 0 Å². The van der Waals surface area contributed by atoms with Crippen LogP contribution in [-0.4, -0.2) is 48.4 Å². The minimum Gasteiger partial charge on any atom is -0.317 e. The first-order valence-electron chi connectivity index (χ1n) is 6.06. The van der Waals surface area contributed by atoms with Crippen molar-refractivity contribution >= 4 is 15.9 Å². The van der Waals surface area contributed by atoms with Gasteiger partial charge in [-0.15, -0.1) is 0 Å². The molecule has 1 atom stereocenters. The van der Waals surface area contributed by atoms with Crippen molar-refractivity contribution in [3.63, 3.8) is 0 Å². The smallest absolute Gasteiger partial charge is 0.0635 e. The van der Waals surface area contributed by atoms with E-state index in [-0.39, 0.29) is 0 Å². The SMILES string of the molecule is CNC(C)CCc1c(Br)cnn1CCN(C)C. The van der Waals surface area contributed by atoms with Gasteiger partial charge in [0.05, 0.1) is 22.9 Å². The predicted molar refractivity (Wildman–Crippen MR) is 75.3 cm³/mol. The lowest BCUT2D eigenvalue weighted by Gasteiger charge is -2.14. The highest BCUT2D eigenvalue weighted by atomic mass is 79.9. The minimum absolute atomic E-state index is 0.541. The fourth-order valence-corrected chi connectivity index (χ4v) is 2.12. The van der Waals surface area contributed by atoms with Crippen LogP contribution in [0, 0.1) is 0 Å². The molecule has 5 heteroatoms. The molecule has 4 nitrogen and oxygen atoms in total. The number of halogens is 1. The van der Waals surface area contributed by atoms with Gasteiger partial charge < -0.3 is 10.2 Å². The highest BCUT2D eigenvalue weighted by Crippen LogP contribution is 2.18. The summed E-state index contributed by atoms with van der Waals surface area (Å²) in [5.74, 6) is 0. The molecule has 0 aromatic carbocycles. The van der Waals surface area contributed by atoms with Gasteiger partial charge in [-0.3, -0.25) is 4.68 Å². The Morgan fingerprint density at radius 1 is 1.53 bits per heavy atom. The molecule has 0 saturated heterocycles. The largest absolute Gasteiger partial charge is 0.317 e. The van der Waals surface area contributed by atoms with Crippen LogP contribution in [0.5, 0.6) is 0 Å². The summed E-state index contributed by atoms with van der Waals surface area (Å²) in [6, 6.07) is 0.541. The molecule has 0 spiro atoms. The molecule has 0 aliphatic carbocycles. The topological polar surface area (TPSA) is 33.1 Å². The van der Waals surface area contributed by atoms with Crippen molar-refractivity contribution < 1.29 is 0 Å². The summed E-state index contributed by atoms with van der Waals surface area (Å²) in [6.45, 7) is 4.17. The molecule has 1 aromatic heterocycles. The van der Waals surface area contributed by atoms with Crippen LogP contribution < -0.4 is 5.32 Å². The first-order chi connectivity index (χ1) is 8.04. The molecule has 0 saturated carbocycles. The van der Waals surface area contributed by atoms with Gasteiger partial charge in [0.25, 0.3) is 0 Å². The maximum atomic E-state index is 4.41. The second-order valence-electron chi connectivity index (χ2n) is 4.69. The first kappa shape index (κ1) is 14.7. The first-order valence-corrected chi connectivity index (χ1v) is 6.86. The van der Waals surface area contributed by atoms with Crippen LogP contribution in [0.2, 0.25) is 0 Å². The summed E-state index contributed by atoms with van der Waals surface area (Å²) in [4.78, 5) is 2.18. The standard InChI is InChI=1S/C12H23BrN4/c1-10(14-2)5-6-12-11(13)9-15-17(12)8-7-16(3)4/h9-10,14H,5-8H2,1-4H3. The van der Waals surface area contributed by atoms with Gasteiger partial charge in [0.15, 0.2) is 0 Å². The van der Waals surface area contributed by atoms with Crippen LogP contribution in [0.3, 0.4) is 0 Å². The molecule has 1 N–H and O–H groups in total. The van der Waals surface area contributed by atoms with Crippen LogP contribution in [-0.2, 0) is 13.0 Å². The zero-order valence-electron chi connectivity index (χ0n) is 11.2. The molecule has 0 radical (unpaired) electrons. The molecule has 0 aliphatic heterocycles. The molecule has 1 rings (SSSR count). The van der Waals surface area contributed by atoms with E-state index in [2.05, 4.69) is 56.9 Å². The number of nitrogens with one attached hydrogen (secondary N) is 1. The Balaban J connectivity index is 2.59. The minimum atomic E-state index is 0.541. The van der Waals surface area contributed by atoms with Crippen LogP contribution in [0.25, 0.3) is 0 Å². The highest BCUT2D eigenvalue weighted by Gasteiger charge is 2.10. The molecular weight excluding hydrogens is 280 g/mol. The number of aromatic nitrogens is 2. The van der Waals surface area contributed by atoms with Crippen molar-refractivity contribution in [2.24, 2.45) is 0 Å². The lowest BCUT2D eigenvalue weighted by molar-refractivity contribution is 0.368. The fourth-order valence-electron chi connectivity index (χ4n) is 1.62. The normalized spacial score (nSPS) is 13.3. The van der Waals surface area contributed by atoms with E-state index in [0.717, 1.165) is 30.4 Å². The van der Waals surface area contributed by atoms with Gasteiger partial charge in [0, 0.05) is 12.6 Å². The number of rotatable bonds is 7. The molecule has 98 valence electrons. The summed E-state index contributed by atoms with van der Waals surface area (Å²) in [6.07, 6.45) is 4.08. The molecule has 1 unspecified atom stereocenters.